The van der Waals surface area contributed by atoms with Crippen molar-refractivity contribution >= 4 is 5.84 Å². The lowest BCUT2D eigenvalue weighted by atomic mass is 9.90. The number of ether oxygens (including phenoxy) is 1. The number of nitrogens with zero attached hydrogens (tertiary/aromatic N) is 1. The second-order valence-electron chi connectivity index (χ2n) is 5.83. The van der Waals surface area contributed by atoms with E-state index in [2.05, 4.69) is 29.4 Å². The average Bonchev–Trinajstić information content (AvgIpc) is 3.09. The molecule has 2 aromatic rings. The van der Waals surface area contributed by atoms with Gasteiger partial charge in [0, 0.05) is 23.6 Å². The van der Waals surface area contributed by atoms with Gasteiger partial charge < -0.3 is 15.8 Å². The molecule has 4 heteroatoms. The molecule has 2 aromatic carbocycles. The second kappa shape index (κ2) is 5.14. The Hall–Kier alpha value is -2.33. The number of hydrogen-bond acceptors (Lipinski definition) is 4. The van der Waals surface area contributed by atoms with Crippen LogP contribution < -0.4 is 15.8 Å². The third-order valence-electron chi connectivity index (χ3n) is 4.45. The molecule has 112 valence electrons. The van der Waals surface area contributed by atoms with Gasteiger partial charge in [0.2, 0.25) is 0 Å². The molecule has 0 saturated carbocycles. The molecular formula is C18H19N3O. The van der Waals surface area contributed by atoms with Gasteiger partial charge in [0.25, 0.3) is 0 Å². The maximum Gasteiger partial charge on any atom is 0.132 e. The van der Waals surface area contributed by atoms with Crippen LogP contribution in [0.3, 0.4) is 0 Å². The van der Waals surface area contributed by atoms with Gasteiger partial charge in [-0.3, -0.25) is 4.99 Å². The summed E-state index contributed by atoms with van der Waals surface area (Å²) in [5.41, 5.74) is 9.75. The van der Waals surface area contributed by atoms with Crippen molar-refractivity contribution in [1.82, 2.24) is 5.32 Å². The third-order valence-corrected chi connectivity index (χ3v) is 4.45. The number of nitrogens with two attached hydrogens (primary N) is 1. The van der Waals surface area contributed by atoms with Gasteiger partial charge in [0.1, 0.15) is 17.3 Å². The highest BCUT2D eigenvalue weighted by molar-refractivity contribution is 5.89. The minimum Gasteiger partial charge on any atom is -0.457 e. The molecular weight excluding hydrogens is 274 g/mol. The molecule has 0 radical (unpaired) electrons. The molecule has 0 aromatic heterocycles. The Balaban J connectivity index is 1.72. The summed E-state index contributed by atoms with van der Waals surface area (Å²) in [6, 6.07) is 14.1. The van der Waals surface area contributed by atoms with Crippen LogP contribution in [0.1, 0.15) is 35.6 Å². The predicted octanol–water partition coefficient (Wildman–Crippen LogP) is 2.95. The summed E-state index contributed by atoms with van der Waals surface area (Å²) in [6.45, 7) is 3.96. The van der Waals surface area contributed by atoms with Crippen molar-refractivity contribution in [3.63, 3.8) is 0 Å². The summed E-state index contributed by atoms with van der Waals surface area (Å²) in [5.74, 6) is 3.01. The summed E-state index contributed by atoms with van der Waals surface area (Å²) in [4.78, 5) is 4.52. The maximum atomic E-state index is 6.45. The van der Waals surface area contributed by atoms with E-state index in [0.717, 1.165) is 41.6 Å². The molecule has 2 aliphatic heterocycles. The largest absolute Gasteiger partial charge is 0.457 e. The number of fused-ring (bicyclic) bond motifs is 2. The van der Waals surface area contributed by atoms with Gasteiger partial charge in [-0.2, -0.15) is 0 Å². The van der Waals surface area contributed by atoms with Crippen molar-refractivity contribution in [2.45, 2.75) is 18.9 Å². The Labute approximate surface area is 130 Å². The number of benzene rings is 2. The first-order valence-electron chi connectivity index (χ1n) is 7.68. The minimum atomic E-state index is -0.148. The summed E-state index contributed by atoms with van der Waals surface area (Å²) in [6.07, 6.45) is 0. The van der Waals surface area contributed by atoms with Crippen molar-refractivity contribution in [2.24, 2.45) is 10.7 Å². The van der Waals surface area contributed by atoms with Crippen LogP contribution in [-0.2, 0) is 0 Å². The lowest BCUT2D eigenvalue weighted by Crippen LogP contribution is -2.24. The maximum absolute atomic E-state index is 6.45. The number of rotatable bonds is 2. The highest BCUT2D eigenvalue weighted by atomic mass is 16.5. The van der Waals surface area contributed by atoms with Crippen LogP contribution in [0, 0.1) is 0 Å². The first-order valence-corrected chi connectivity index (χ1v) is 7.68. The Kier molecular flexibility index (Phi) is 3.12. The number of amidine groups is 1. The molecule has 4 rings (SSSR count). The topological polar surface area (TPSA) is 59.6 Å². The summed E-state index contributed by atoms with van der Waals surface area (Å²) in [7, 11) is 0. The molecule has 0 spiro atoms. The van der Waals surface area contributed by atoms with Crippen LogP contribution in [0.2, 0.25) is 0 Å². The highest BCUT2D eigenvalue weighted by Crippen LogP contribution is 2.42. The number of aliphatic imine (C=N–C) groups is 1. The van der Waals surface area contributed by atoms with Gasteiger partial charge >= 0.3 is 0 Å². The van der Waals surface area contributed by atoms with Crippen LogP contribution in [-0.4, -0.2) is 18.9 Å². The van der Waals surface area contributed by atoms with E-state index in [1.807, 2.05) is 30.3 Å². The molecule has 0 bridgehead atoms. The van der Waals surface area contributed by atoms with E-state index in [1.54, 1.807) is 0 Å². The quantitative estimate of drug-likeness (QED) is 0.895. The first kappa shape index (κ1) is 13.3. The van der Waals surface area contributed by atoms with Crippen LogP contribution in [0.15, 0.2) is 47.5 Å². The summed E-state index contributed by atoms with van der Waals surface area (Å²) in [5, 5.41) is 3.35. The SMILES string of the molecule is CC(C1=NCCN1)c1ccc2c(c1)C(N)c1ccccc1O2. The Morgan fingerprint density at radius 1 is 1.18 bits per heavy atom. The average molecular weight is 293 g/mol. The van der Waals surface area contributed by atoms with E-state index in [0.29, 0.717) is 0 Å². The zero-order chi connectivity index (χ0) is 15.1. The normalized spacial score (nSPS) is 20.3. The van der Waals surface area contributed by atoms with Crippen LogP contribution >= 0.6 is 0 Å². The third kappa shape index (κ3) is 2.07. The monoisotopic (exact) mass is 293 g/mol. The zero-order valence-electron chi connectivity index (χ0n) is 12.5. The standard InChI is InChI=1S/C18H19N3O/c1-11(18-20-8-9-21-18)12-6-7-16-14(10-12)17(19)13-4-2-3-5-15(13)22-16/h2-7,10-11,17H,8-9,19H2,1H3,(H,20,21). The van der Waals surface area contributed by atoms with Crippen LogP contribution in [0.25, 0.3) is 0 Å². The van der Waals surface area contributed by atoms with E-state index < -0.39 is 0 Å². The molecule has 22 heavy (non-hydrogen) atoms. The Bertz CT molecular complexity index is 754. The fourth-order valence-electron chi connectivity index (χ4n) is 3.15. The lowest BCUT2D eigenvalue weighted by Gasteiger charge is -2.26. The highest BCUT2D eigenvalue weighted by Gasteiger charge is 2.25. The molecule has 0 amide bonds. The van der Waals surface area contributed by atoms with Gasteiger partial charge in [-0.05, 0) is 23.8 Å². The van der Waals surface area contributed by atoms with Gasteiger partial charge in [0.15, 0.2) is 0 Å². The van der Waals surface area contributed by atoms with Gasteiger partial charge in [0.05, 0.1) is 12.6 Å². The van der Waals surface area contributed by atoms with Crippen molar-refractivity contribution < 1.29 is 4.74 Å². The van der Waals surface area contributed by atoms with E-state index in [9.17, 15) is 0 Å². The van der Waals surface area contributed by atoms with E-state index in [4.69, 9.17) is 10.5 Å². The minimum absolute atomic E-state index is 0.148. The predicted molar refractivity (Wildman–Crippen MR) is 87.7 cm³/mol. The molecule has 2 atom stereocenters. The van der Waals surface area contributed by atoms with Gasteiger partial charge in [-0.1, -0.05) is 31.2 Å². The molecule has 0 fully saturated rings. The first-order chi connectivity index (χ1) is 10.7. The van der Waals surface area contributed by atoms with Crippen molar-refractivity contribution in [1.29, 1.82) is 0 Å². The fourth-order valence-corrected chi connectivity index (χ4v) is 3.15. The molecule has 2 unspecified atom stereocenters. The lowest BCUT2D eigenvalue weighted by molar-refractivity contribution is 0.447. The molecule has 0 aliphatic carbocycles. The van der Waals surface area contributed by atoms with E-state index in [1.165, 1.54) is 5.56 Å². The summed E-state index contributed by atoms with van der Waals surface area (Å²) < 4.78 is 5.98. The summed E-state index contributed by atoms with van der Waals surface area (Å²) >= 11 is 0. The van der Waals surface area contributed by atoms with E-state index >= 15 is 0 Å². The van der Waals surface area contributed by atoms with Gasteiger partial charge in [-0.15, -0.1) is 0 Å². The van der Waals surface area contributed by atoms with Crippen LogP contribution in [0.5, 0.6) is 11.5 Å². The molecule has 4 nitrogen and oxygen atoms in total. The molecule has 2 heterocycles. The number of nitrogens with one attached hydrogen (secondary N) is 1. The number of hydrogen-bond donors (Lipinski definition) is 2. The van der Waals surface area contributed by atoms with Crippen molar-refractivity contribution in [2.75, 3.05) is 13.1 Å². The smallest absolute Gasteiger partial charge is 0.132 e. The fraction of sp³-hybridized carbons (Fsp3) is 0.278. The zero-order valence-corrected chi connectivity index (χ0v) is 12.5. The Morgan fingerprint density at radius 3 is 2.82 bits per heavy atom. The van der Waals surface area contributed by atoms with Crippen molar-refractivity contribution in [3.05, 3.63) is 59.2 Å². The second-order valence-corrected chi connectivity index (χ2v) is 5.83. The molecule has 0 saturated heterocycles. The Morgan fingerprint density at radius 2 is 2.00 bits per heavy atom. The van der Waals surface area contributed by atoms with E-state index in [-0.39, 0.29) is 12.0 Å². The number of para-hydroxylation sites is 1. The van der Waals surface area contributed by atoms with Gasteiger partial charge in [-0.25, -0.2) is 0 Å². The van der Waals surface area contributed by atoms with Crippen molar-refractivity contribution in [3.8, 4) is 11.5 Å². The molecule has 3 N–H and O–H groups in total. The van der Waals surface area contributed by atoms with Crippen LogP contribution in [0.4, 0.5) is 0 Å². The molecule has 2 aliphatic rings.